The molecule has 2 nitrogen and oxygen atoms in total. The summed E-state index contributed by atoms with van der Waals surface area (Å²) < 4.78 is 31.8. The molecule has 102 valence electrons. The van der Waals surface area contributed by atoms with Crippen LogP contribution < -0.4 is 4.74 Å². The van der Waals surface area contributed by atoms with Gasteiger partial charge in [-0.15, -0.1) is 0 Å². The third-order valence-electron chi connectivity index (χ3n) is 2.63. The summed E-state index contributed by atoms with van der Waals surface area (Å²) in [6, 6.07) is 8.86. The van der Waals surface area contributed by atoms with Crippen molar-refractivity contribution in [1.82, 2.24) is 0 Å². The Hall–Kier alpha value is -2.49. The van der Waals surface area contributed by atoms with E-state index in [1.165, 1.54) is 36.4 Å². The molecule has 0 aliphatic carbocycles. The van der Waals surface area contributed by atoms with E-state index in [-0.39, 0.29) is 23.5 Å². The van der Waals surface area contributed by atoms with Crippen molar-refractivity contribution in [2.24, 2.45) is 0 Å². The fourth-order valence-corrected chi connectivity index (χ4v) is 1.74. The smallest absolute Gasteiger partial charge is 0.196 e. The van der Waals surface area contributed by atoms with Gasteiger partial charge in [-0.1, -0.05) is 24.8 Å². The van der Waals surface area contributed by atoms with Crippen LogP contribution in [0.2, 0.25) is 0 Å². The van der Waals surface area contributed by atoms with E-state index in [1.54, 1.807) is 0 Å². The zero-order valence-corrected chi connectivity index (χ0v) is 10.6. The number of halogens is 2. The monoisotopic (exact) mass is 274 g/mol. The van der Waals surface area contributed by atoms with E-state index in [1.807, 2.05) is 0 Å². The number of ketones is 1. The third-order valence-corrected chi connectivity index (χ3v) is 2.63. The Bertz CT molecular complexity index is 651. The Morgan fingerprint density at radius 1 is 1.15 bits per heavy atom. The molecule has 0 saturated carbocycles. The largest absolute Gasteiger partial charge is 0.489 e. The lowest BCUT2D eigenvalue weighted by Crippen LogP contribution is -2.06. The fourth-order valence-electron chi connectivity index (χ4n) is 1.74. The fraction of sp³-hybridized carbons (Fsp3) is 0.0625. The number of ether oxygens (including phenoxy) is 1. The molecule has 0 aliphatic rings. The minimum atomic E-state index is -0.560. The van der Waals surface area contributed by atoms with Crippen LogP contribution in [0.1, 0.15) is 15.9 Å². The summed E-state index contributed by atoms with van der Waals surface area (Å²) in [5.74, 6) is -1.35. The van der Waals surface area contributed by atoms with Gasteiger partial charge in [0, 0.05) is 5.56 Å². The predicted octanol–water partition coefficient (Wildman–Crippen LogP) is 3.76. The molecule has 0 aliphatic heterocycles. The second kappa shape index (κ2) is 6.10. The number of carbonyl (C=O) groups excluding carboxylic acids is 1. The highest BCUT2D eigenvalue weighted by atomic mass is 19.1. The molecular weight excluding hydrogens is 262 g/mol. The molecule has 0 unspecified atom stereocenters. The first-order valence-electron chi connectivity index (χ1n) is 5.95. The summed E-state index contributed by atoms with van der Waals surface area (Å²) in [5.41, 5.74) is 0.191. The standard InChI is InChI=1S/C16H12F2O2/c1-2-8-20-15-7-6-13(18)10-14(15)16(19)11-4-3-5-12(17)9-11/h2-7,9-10H,1,8H2. The zero-order chi connectivity index (χ0) is 14.5. The van der Waals surface area contributed by atoms with E-state index < -0.39 is 17.4 Å². The maximum atomic E-state index is 13.3. The summed E-state index contributed by atoms with van der Waals surface area (Å²) in [5, 5.41) is 0. The molecular formula is C16H12F2O2. The average Bonchev–Trinajstić information content (AvgIpc) is 2.45. The molecule has 0 radical (unpaired) electrons. The lowest BCUT2D eigenvalue weighted by atomic mass is 10.0. The molecule has 0 saturated heterocycles. The second-order valence-electron chi connectivity index (χ2n) is 4.08. The Balaban J connectivity index is 2.42. The first kappa shape index (κ1) is 13.9. The first-order valence-corrected chi connectivity index (χ1v) is 5.95. The van der Waals surface area contributed by atoms with Crippen molar-refractivity contribution in [2.45, 2.75) is 0 Å². The van der Waals surface area contributed by atoms with Crippen LogP contribution in [0.5, 0.6) is 5.75 Å². The molecule has 0 atom stereocenters. The number of hydrogen-bond acceptors (Lipinski definition) is 2. The van der Waals surface area contributed by atoms with Crippen LogP contribution in [0, 0.1) is 11.6 Å². The molecule has 4 heteroatoms. The molecule has 0 spiro atoms. The minimum Gasteiger partial charge on any atom is -0.489 e. The van der Waals surface area contributed by atoms with E-state index in [9.17, 15) is 13.6 Å². The summed E-state index contributed by atoms with van der Waals surface area (Å²) >= 11 is 0. The van der Waals surface area contributed by atoms with Gasteiger partial charge in [0.15, 0.2) is 5.78 Å². The highest BCUT2D eigenvalue weighted by Gasteiger charge is 2.16. The molecule has 2 aromatic rings. The molecule has 0 fully saturated rings. The SMILES string of the molecule is C=CCOc1ccc(F)cc1C(=O)c1cccc(F)c1. The number of benzene rings is 2. The Labute approximate surface area is 115 Å². The number of hydrogen-bond donors (Lipinski definition) is 0. The van der Waals surface area contributed by atoms with Crippen molar-refractivity contribution in [2.75, 3.05) is 6.61 Å². The number of carbonyl (C=O) groups is 1. The quantitative estimate of drug-likeness (QED) is 0.613. The molecule has 0 heterocycles. The van der Waals surface area contributed by atoms with Crippen molar-refractivity contribution in [1.29, 1.82) is 0 Å². The first-order chi connectivity index (χ1) is 9.61. The van der Waals surface area contributed by atoms with Crippen LogP contribution in [0.25, 0.3) is 0 Å². The summed E-state index contributed by atoms with van der Waals surface area (Å²) in [6.07, 6.45) is 1.51. The number of rotatable bonds is 5. The van der Waals surface area contributed by atoms with Gasteiger partial charge in [-0.3, -0.25) is 4.79 Å². The highest BCUT2D eigenvalue weighted by Crippen LogP contribution is 2.23. The normalized spacial score (nSPS) is 10.1. The van der Waals surface area contributed by atoms with Crippen molar-refractivity contribution in [3.8, 4) is 5.75 Å². The Morgan fingerprint density at radius 3 is 2.60 bits per heavy atom. The van der Waals surface area contributed by atoms with Crippen LogP contribution in [0.15, 0.2) is 55.1 Å². The summed E-state index contributed by atoms with van der Waals surface area (Å²) in [7, 11) is 0. The van der Waals surface area contributed by atoms with Gasteiger partial charge < -0.3 is 4.74 Å². The molecule has 0 N–H and O–H groups in total. The Morgan fingerprint density at radius 2 is 1.90 bits per heavy atom. The van der Waals surface area contributed by atoms with Crippen molar-refractivity contribution in [3.05, 3.63) is 77.9 Å². The van der Waals surface area contributed by atoms with E-state index in [2.05, 4.69) is 6.58 Å². The zero-order valence-electron chi connectivity index (χ0n) is 10.6. The lowest BCUT2D eigenvalue weighted by molar-refractivity contribution is 0.103. The lowest BCUT2D eigenvalue weighted by Gasteiger charge is -2.09. The van der Waals surface area contributed by atoms with Crippen molar-refractivity contribution < 1.29 is 18.3 Å². The molecule has 0 aromatic heterocycles. The molecule has 2 aromatic carbocycles. The summed E-state index contributed by atoms with van der Waals surface area (Å²) in [4.78, 5) is 12.3. The second-order valence-corrected chi connectivity index (χ2v) is 4.08. The molecule has 2 rings (SSSR count). The molecule has 0 amide bonds. The van der Waals surface area contributed by atoms with Crippen LogP contribution in [-0.4, -0.2) is 12.4 Å². The predicted molar refractivity (Wildman–Crippen MR) is 71.9 cm³/mol. The molecule has 20 heavy (non-hydrogen) atoms. The topological polar surface area (TPSA) is 26.3 Å². The van der Waals surface area contributed by atoms with Crippen LogP contribution in [0.4, 0.5) is 8.78 Å². The van der Waals surface area contributed by atoms with Crippen LogP contribution in [-0.2, 0) is 0 Å². The van der Waals surface area contributed by atoms with Gasteiger partial charge in [-0.2, -0.15) is 0 Å². The van der Waals surface area contributed by atoms with Gasteiger partial charge >= 0.3 is 0 Å². The summed E-state index contributed by atoms with van der Waals surface area (Å²) in [6.45, 7) is 3.69. The average molecular weight is 274 g/mol. The van der Waals surface area contributed by atoms with E-state index >= 15 is 0 Å². The van der Waals surface area contributed by atoms with Gasteiger partial charge in [0.1, 0.15) is 24.0 Å². The maximum Gasteiger partial charge on any atom is 0.196 e. The van der Waals surface area contributed by atoms with Gasteiger partial charge in [0.2, 0.25) is 0 Å². The van der Waals surface area contributed by atoms with E-state index in [0.29, 0.717) is 0 Å². The van der Waals surface area contributed by atoms with Gasteiger partial charge in [0.25, 0.3) is 0 Å². The van der Waals surface area contributed by atoms with Crippen molar-refractivity contribution in [3.63, 3.8) is 0 Å². The van der Waals surface area contributed by atoms with Gasteiger partial charge in [-0.25, -0.2) is 8.78 Å². The van der Waals surface area contributed by atoms with Gasteiger partial charge in [-0.05, 0) is 30.3 Å². The van der Waals surface area contributed by atoms with Crippen LogP contribution >= 0.6 is 0 Å². The van der Waals surface area contributed by atoms with E-state index in [0.717, 1.165) is 12.1 Å². The maximum absolute atomic E-state index is 13.3. The minimum absolute atomic E-state index is 0.0532. The van der Waals surface area contributed by atoms with E-state index in [4.69, 9.17) is 4.74 Å². The van der Waals surface area contributed by atoms with Gasteiger partial charge in [0.05, 0.1) is 5.56 Å². The van der Waals surface area contributed by atoms with Crippen LogP contribution in [0.3, 0.4) is 0 Å². The molecule has 0 bridgehead atoms. The third kappa shape index (κ3) is 3.09. The Kier molecular flexibility index (Phi) is 4.25. The van der Waals surface area contributed by atoms with Crippen molar-refractivity contribution >= 4 is 5.78 Å². The highest BCUT2D eigenvalue weighted by molar-refractivity contribution is 6.10.